The lowest BCUT2D eigenvalue weighted by Gasteiger charge is -2.04. The first-order chi connectivity index (χ1) is 4.69. The molecule has 0 heterocycles. The SMILES string of the molecule is CC1(C(=O)CCCO)CC1. The molecule has 0 amide bonds. The molecule has 1 fully saturated rings. The lowest BCUT2D eigenvalue weighted by Crippen LogP contribution is -2.11. The van der Waals surface area contributed by atoms with E-state index in [-0.39, 0.29) is 12.0 Å². The first-order valence-corrected chi connectivity index (χ1v) is 3.83. The highest BCUT2D eigenvalue weighted by molar-refractivity contribution is 5.86. The van der Waals surface area contributed by atoms with Crippen LogP contribution in [0, 0.1) is 5.41 Å². The van der Waals surface area contributed by atoms with Gasteiger partial charge in [0.2, 0.25) is 0 Å². The van der Waals surface area contributed by atoms with Gasteiger partial charge in [0.25, 0.3) is 0 Å². The van der Waals surface area contributed by atoms with Crippen molar-refractivity contribution < 1.29 is 9.90 Å². The van der Waals surface area contributed by atoms with Gasteiger partial charge in [-0.15, -0.1) is 0 Å². The minimum Gasteiger partial charge on any atom is -0.396 e. The van der Waals surface area contributed by atoms with E-state index < -0.39 is 0 Å². The molecule has 0 aliphatic heterocycles. The van der Waals surface area contributed by atoms with Gasteiger partial charge in [0.15, 0.2) is 0 Å². The van der Waals surface area contributed by atoms with Crippen molar-refractivity contribution in [1.82, 2.24) is 0 Å². The van der Waals surface area contributed by atoms with Crippen LogP contribution in [0.5, 0.6) is 0 Å². The zero-order chi connectivity index (χ0) is 7.61. The Hall–Kier alpha value is -0.370. The van der Waals surface area contributed by atoms with Crippen molar-refractivity contribution in [2.24, 2.45) is 5.41 Å². The van der Waals surface area contributed by atoms with Gasteiger partial charge in [0.05, 0.1) is 0 Å². The van der Waals surface area contributed by atoms with Gasteiger partial charge in [0.1, 0.15) is 5.78 Å². The van der Waals surface area contributed by atoms with E-state index in [1.54, 1.807) is 0 Å². The van der Waals surface area contributed by atoms with Crippen LogP contribution in [0.3, 0.4) is 0 Å². The van der Waals surface area contributed by atoms with Crippen molar-refractivity contribution in [3.8, 4) is 0 Å². The third-order valence-corrected chi connectivity index (χ3v) is 2.24. The molecule has 2 heteroatoms. The van der Waals surface area contributed by atoms with Crippen molar-refractivity contribution in [2.45, 2.75) is 32.6 Å². The molecule has 0 aromatic carbocycles. The van der Waals surface area contributed by atoms with Crippen LogP contribution >= 0.6 is 0 Å². The Morgan fingerprint density at radius 2 is 2.20 bits per heavy atom. The zero-order valence-corrected chi connectivity index (χ0v) is 6.39. The van der Waals surface area contributed by atoms with Crippen molar-refractivity contribution >= 4 is 5.78 Å². The summed E-state index contributed by atoms with van der Waals surface area (Å²) in [5.41, 5.74) is 0.00910. The second-order valence-electron chi connectivity index (χ2n) is 3.31. The molecule has 1 aliphatic rings. The second kappa shape index (κ2) is 2.70. The average molecular weight is 142 g/mol. The summed E-state index contributed by atoms with van der Waals surface area (Å²) in [7, 11) is 0. The number of aliphatic hydroxyl groups is 1. The Morgan fingerprint density at radius 3 is 2.60 bits per heavy atom. The van der Waals surface area contributed by atoms with Crippen LogP contribution in [0.1, 0.15) is 32.6 Å². The lowest BCUT2D eigenvalue weighted by atomic mass is 10.0. The van der Waals surface area contributed by atoms with Gasteiger partial charge in [-0.05, 0) is 19.3 Å². The number of aliphatic hydroxyl groups excluding tert-OH is 1. The molecule has 1 N–H and O–H groups in total. The Bertz CT molecular complexity index is 136. The Balaban J connectivity index is 2.22. The molecule has 0 aromatic rings. The first-order valence-electron chi connectivity index (χ1n) is 3.83. The Kier molecular flexibility index (Phi) is 2.09. The predicted octanol–water partition coefficient (Wildman–Crippen LogP) is 1.13. The second-order valence-corrected chi connectivity index (χ2v) is 3.31. The molecule has 0 unspecified atom stereocenters. The van der Waals surface area contributed by atoms with E-state index in [2.05, 4.69) is 0 Å². The van der Waals surface area contributed by atoms with E-state index in [1.165, 1.54) is 0 Å². The number of hydrogen-bond acceptors (Lipinski definition) is 2. The zero-order valence-electron chi connectivity index (χ0n) is 6.39. The van der Waals surface area contributed by atoms with E-state index in [9.17, 15) is 4.79 Å². The Morgan fingerprint density at radius 1 is 1.60 bits per heavy atom. The number of carbonyl (C=O) groups is 1. The van der Waals surface area contributed by atoms with Crippen LogP contribution in [0.15, 0.2) is 0 Å². The topological polar surface area (TPSA) is 37.3 Å². The Labute approximate surface area is 61.2 Å². The summed E-state index contributed by atoms with van der Waals surface area (Å²) in [5, 5.41) is 8.45. The standard InChI is InChI=1S/C8H14O2/c1-8(4-5-8)7(10)3-2-6-9/h9H,2-6H2,1H3. The molecular weight excluding hydrogens is 128 g/mol. The molecular formula is C8H14O2. The number of carbonyl (C=O) groups excluding carboxylic acids is 1. The van der Waals surface area contributed by atoms with Crippen LogP contribution in [0.25, 0.3) is 0 Å². The predicted molar refractivity (Wildman–Crippen MR) is 38.7 cm³/mol. The normalized spacial score (nSPS) is 20.6. The van der Waals surface area contributed by atoms with E-state index in [0.29, 0.717) is 18.6 Å². The fourth-order valence-electron chi connectivity index (χ4n) is 1.01. The molecule has 0 bridgehead atoms. The average Bonchev–Trinajstić information content (AvgIpc) is 2.64. The van der Waals surface area contributed by atoms with Crippen molar-refractivity contribution in [1.29, 1.82) is 0 Å². The monoisotopic (exact) mass is 142 g/mol. The fraction of sp³-hybridized carbons (Fsp3) is 0.875. The van der Waals surface area contributed by atoms with E-state index in [4.69, 9.17) is 5.11 Å². The number of rotatable bonds is 4. The summed E-state index contributed by atoms with van der Waals surface area (Å²) in [6, 6.07) is 0. The van der Waals surface area contributed by atoms with Crippen molar-refractivity contribution in [3.63, 3.8) is 0 Å². The highest BCUT2D eigenvalue weighted by Crippen LogP contribution is 2.46. The fourth-order valence-corrected chi connectivity index (χ4v) is 1.01. The van der Waals surface area contributed by atoms with Gasteiger partial charge in [-0.1, -0.05) is 6.92 Å². The minimum atomic E-state index is 0.00910. The third kappa shape index (κ3) is 1.57. The molecule has 1 aliphatic carbocycles. The summed E-state index contributed by atoms with van der Waals surface area (Å²) in [5.74, 6) is 0.335. The number of Topliss-reactive ketones (excluding diaryl/α,β-unsaturated/α-hetero) is 1. The molecule has 1 rings (SSSR count). The molecule has 0 spiro atoms. The summed E-state index contributed by atoms with van der Waals surface area (Å²) < 4.78 is 0. The summed E-state index contributed by atoms with van der Waals surface area (Å²) in [4.78, 5) is 11.2. The van der Waals surface area contributed by atoms with Gasteiger partial charge in [-0.3, -0.25) is 4.79 Å². The third-order valence-electron chi connectivity index (χ3n) is 2.24. The molecule has 2 nitrogen and oxygen atoms in total. The van der Waals surface area contributed by atoms with Gasteiger partial charge in [0, 0.05) is 18.4 Å². The molecule has 1 saturated carbocycles. The van der Waals surface area contributed by atoms with Gasteiger partial charge < -0.3 is 5.11 Å². The maximum atomic E-state index is 11.2. The van der Waals surface area contributed by atoms with E-state index >= 15 is 0 Å². The van der Waals surface area contributed by atoms with E-state index in [0.717, 1.165) is 12.8 Å². The van der Waals surface area contributed by atoms with Crippen LogP contribution in [-0.2, 0) is 4.79 Å². The van der Waals surface area contributed by atoms with Gasteiger partial charge in [-0.2, -0.15) is 0 Å². The smallest absolute Gasteiger partial charge is 0.138 e. The maximum absolute atomic E-state index is 11.2. The molecule has 0 saturated heterocycles. The molecule has 0 radical (unpaired) electrons. The molecule has 58 valence electrons. The minimum absolute atomic E-state index is 0.00910. The van der Waals surface area contributed by atoms with Crippen LogP contribution < -0.4 is 0 Å². The van der Waals surface area contributed by atoms with Crippen LogP contribution in [0.4, 0.5) is 0 Å². The van der Waals surface area contributed by atoms with Gasteiger partial charge >= 0.3 is 0 Å². The van der Waals surface area contributed by atoms with Crippen molar-refractivity contribution in [3.05, 3.63) is 0 Å². The summed E-state index contributed by atoms with van der Waals surface area (Å²) in [6.07, 6.45) is 3.30. The molecule has 0 atom stereocenters. The van der Waals surface area contributed by atoms with Gasteiger partial charge in [-0.25, -0.2) is 0 Å². The number of ketones is 1. The largest absolute Gasteiger partial charge is 0.396 e. The van der Waals surface area contributed by atoms with E-state index in [1.807, 2.05) is 6.92 Å². The summed E-state index contributed by atoms with van der Waals surface area (Å²) >= 11 is 0. The first kappa shape index (κ1) is 7.73. The van der Waals surface area contributed by atoms with Crippen LogP contribution in [-0.4, -0.2) is 17.5 Å². The highest BCUT2D eigenvalue weighted by atomic mass is 16.3. The molecule has 10 heavy (non-hydrogen) atoms. The molecule has 0 aromatic heterocycles. The highest BCUT2D eigenvalue weighted by Gasteiger charge is 2.43. The maximum Gasteiger partial charge on any atom is 0.138 e. The van der Waals surface area contributed by atoms with Crippen molar-refractivity contribution in [2.75, 3.05) is 6.61 Å². The number of hydrogen-bond donors (Lipinski definition) is 1. The van der Waals surface area contributed by atoms with Crippen LogP contribution in [0.2, 0.25) is 0 Å². The quantitative estimate of drug-likeness (QED) is 0.638. The lowest BCUT2D eigenvalue weighted by molar-refractivity contribution is -0.123. The summed E-state index contributed by atoms with van der Waals surface area (Å²) in [6.45, 7) is 2.15.